The van der Waals surface area contributed by atoms with Crippen molar-refractivity contribution in [3.63, 3.8) is 0 Å². The zero-order chi connectivity index (χ0) is 13.8. The van der Waals surface area contributed by atoms with Crippen LogP contribution in [0.3, 0.4) is 0 Å². The molecule has 0 fully saturated rings. The fraction of sp³-hybridized carbons (Fsp3) is 0.400. The molecule has 0 aliphatic heterocycles. The second kappa shape index (κ2) is 5.89. The molecule has 4 nitrogen and oxygen atoms in total. The van der Waals surface area contributed by atoms with E-state index in [1.807, 2.05) is 36.7 Å². The summed E-state index contributed by atoms with van der Waals surface area (Å²) in [4.78, 5) is 0. The fourth-order valence-electron chi connectivity index (χ4n) is 2.31. The molecular formula is C15H20N2O2. The summed E-state index contributed by atoms with van der Waals surface area (Å²) >= 11 is 0. The number of hydrogen-bond donors (Lipinski definition) is 1. The molecule has 19 heavy (non-hydrogen) atoms. The van der Waals surface area contributed by atoms with E-state index in [-0.39, 0.29) is 6.61 Å². The van der Waals surface area contributed by atoms with E-state index < -0.39 is 0 Å². The molecule has 0 saturated heterocycles. The third-order valence-electron chi connectivity index (χ3n) is 3.36. The number of aliphatic hydroxyl groups is 1. The van der Waals surface area contributed by atoms with Gasteiger partial charge in [0.15, 0.2) is 0 Å². The van der Waals surface area contributed by atoms with Gasteiger partial charge in [-0.05, 0) is 43.5 Å². The fourth-order valence-corrected chi connectivity index (χ4v) is 2.31. The number of methoxy groups -OCH3 is 1. The Morgan fingerprint density at radius 2 is 2.11 bits per heavy atom. The van der Waals surface area contributed by atoms with Crippen LogP contribution in [0.25, 0.3) is 0 Å². The molecule has 1 aromatic heterocycles. The van der Waals surface area contributed by atoms with E-state index in [1.54, 1.807) is 7.11 Å². The minimum Gasteiger partial charge on any atom is -0.497 e. The number of aromatic nitrogens is 2. The van der Waals surface area contributed by atoms with Crippen molar-refractivity contribution in [2.24, 2.45) is 0 Å². The number of ether oxygens (including phenoxy) is 1. The maximum atomic E-state index is 9.08. The van der Waals surface area contributed by atoms with Crippen LogP contribution in [-0.4, -0.2) is 28.6 Å². The quantitative estimate of drug-likeness (QED) is 0.895. The molecule has 0 aliphatic carbocycles. The van der Waals surface area contributed by atoms with Crippen LogP contribution < -0.4 is 4.74 Å². The highest BCUT2D eigenvalue weighted by Crippen LogP contribution is 2.17. The molecule has 1 heterocycles. The van der Waals surface area contributed by atoms with Gasteiger partial charge in [0.1, 0.15) is 5.75 Å². The third-order valence-corrected chi connectivity index (χ3v) is 3.36. The van der Waals surface area contributed by atoms with Crippen LogP contribution in [0, 0.1) is 13.8 Å². The number of rotatable bonds is 5. The lowest BCUT2D eigenvalue weighted by Gasteiger charge is -2.07. The first kappa shape index (κ1) is 13.6. The Morgan fingerprint density at radius 3 is 2.79 bits per heavy atom. The Morgan fingerprint density at radius 1 is 1.32 bits per heavy atom. The molecular weight excluding hydrogens is 240 g/mol. The van der Waals surface area contributed by atoms with Gasteiger partial charge in [0.05, 0.1) is 19.3 Å². The highest BCUT2D eigenvalue weighted by Gasteiger charge is 2.11. The monoisotopic (exact) mass is 260 g/mol. The van der Waals surface area contributed by atoms with Crippen LogP contribution in [0.4, 0.5) is 0 Å². The van der Waals surface area contributed by atoms with Gasteiger partial charge in [-0.15, -0.1) is 0 Å². The van der Waals surface area contributed by atoms with Crippen LogP contribution in [0.2, 0.25) is 0 Å². The summed E-state index contributed by atoms with van der Waals surface area (Å²) in [5, 5.41) is 13.6. The normalized spacial score (nSPS) is 10.7. The van der Waals surface area contributed by atoms with Crippen molar-refractivity contribution in [1.29, 1.82) is 0 Å². The van der Waals surface area contributed by atoms with Gasteiger partial charge in [-0.25, -0.2) is 0 Å². The van der Waals surface area contributed by atoms with E-state index >= 15 is 0 Å². The summed E-state index contributed by atoms with van der Waals surface area (Å²) in [5.41, 5.74) is 4.41. The average Bonchev–Trinajstić information content (AvgIpc) is 2.67. The van der Waals surface area contributed by atoms with Gasteiger partial charge < -0.3 is 9.84 Å². The molecule has 0 unspecified atom stereocenters. The van der Waals surface area contributed by atoms with Crippen molar-refractivity contribution < 1.29 is 9.84 Å². The van der Waals surface area contributed by atoms with Gasteiger partial charge in [-0.2, -0.15) is 5.10 Å². The zero-order valence-corrected chi connectivity index (χ0v) is 11.7. The largest absolute Gasteiger partial charge is 0.497 e. The number of aryl methyl sites for hydroxylation is 1. The van der Waals surface area contributed by atoms with Gasteiger partial charge >= 0.3 is 0 Å². The van der Waals surface area contributed by atoms with Crippen LogP contribution in [0.15, 0.2) is 24.3 Å². The molecule has 4 heteroatoms. The van der Waals surface area contributed by atoms with E-state index in [0.717, 1.165) is 34.8 Å². The van der Waals surface area contributed by atoms with E-state index in [1.165, 1.54) is 0 Å². The molecule has 1 N–H and O–H groups in total. The zero-order valence-electron chi connectivity index (χ0n) is 11.7. The van der Waals surface area contributed by atoms with E-state index in [9.17, 15) is 0 Å². The van der Waals surface area contributed by atoms with Gasteiger partial charge in [0.25, 0.3) is 0 Å². The molecule has 2 rings (SSSR count). The van der Waals surface area contributed by atoms with Crippen molar-refractivity contribution in [3.05, 3.63) is 46.8 Å². The van der Waals surface area contributed by atoms with Crippen molar-refractivity contribution in [2.75, 3.05) is 13.7 Å². The van der Waals surface area contributed by atoms with Crippen LogP contribution in [0.5, 0.6) is 5.75 Å². The molecule has 0 aliphatic rings. The summed E-state index contributed by atoms with van der Waals surface area (Å²) in [6.07, 6.45) is 0.662. The summed E-state index contributed by atoms with van der Waals surface area (Å²) in [5.74, 6) is 0.856. The van der Waals surface area contributed by atoms with Crippen molar-refractivity contribution in [1.82, 2.24) is 9.78 Å². The molecule has 1 aromatic carbocycles. The minimum absolute atomic E-state index is 0.159. The Hall–Kier alpha value is -1.81. The second-order valence-electron chi connectivity index (χ2n) is 4.63. The Bertz CT molecular complexity index is 561. The van der Waals surface area contributed by atoms with Crippen molar-refractivity contribution in [3.8, 4) is 5.75 Å². The predicted molar refractivity (Wildman–Crippen MR) is 74.6 cm³/mol. The third kappa shape index (κ3) is 2.96. The summed E-state index contributed by atoms with van der Waals surface area (Å²) < 4.78 is 7.21. The van der Waals surface area contributed by atoms with Gasteiger partial charge in [-0.1, -0.05) is 12.1 Å². The Labute approximate surface area is 113 Å². The lowest BCUT2D eigenvalue weighted by Crippen LogP contribution is -2.04. The predicted octanol–water partition coefficient (Wildman–Crippen LogP) is 2.09. The van der Waals surface area contributed by atoms with Crippen molar-refractivity contribution >= 4 is 0 Å². The summed E-state index contributed by atoms with van der Waals surface area (Å²) in [6, 6.07) is 7.99. The number of nitrogens with zero attached hydrogens (tertiary/aromatic N) is 2. The van der Waals surface area contributed by atoms with Crippen LogP contribution in [0.1, 0.15) is 22.5 Å². The molecule has 0 atom stereocenters. The van der Waals surface area contributed by atoms with E-state index in [4.69, 9.17) is 9.84 Å². The molecule has 0 amide bonds. The first-order valence-corrected chi connectivity index (χ1v) is 6.42. The molecule has 2 aromatic rings. The lowest BCUT2D eigenvalue weighted by atomic mass is 10.1. The van der Waals surface area contributed by atoms with Crippen LogP contribution >= 0.6 is 0 Å². The summed E-state index contributed by atoms with van der Waals surface area (Å²) in [7, 11) is 1.67. The first-order valence-electron chi connectivity index (χ1n) is 6.42. The Kier molecular flexibility index (Phi) is 4.22. The van der Waals surface area contributed by atoms with E-state index in [2.05, 4.69) is 11.2 Å². The molecule has 0 saturated carbocycles. The average molecular weight is 260 g/mol. The van der Waals surface area contributed by atoms with Gasteiger partial charge in [0, 0.05) is 12.3 Å². The number of benzene rings is 1. The minimum atomic E-state index is 0.159. The second-order valence-corrected chi connectivity index (χ2v) is 4.63. The summed E-state index contributed by atoms with van der Waals surface area (Å²) in [6.45, 7) is 4.91. The maximum absolute atomic E-state index is 9.08. The number of aliphatic hydroxyl groups excluding tert-OH is 1. The lowest BCUT2D eigenvalue weighted by molar-refractivity contribution is 0.299. The van der Waals surface area contributed by atoms with Crippen LogP contribution in [-0.2, 0) is 13.0 Å². The van der Waals surface area contributed by atoms with Crippen molar-refractivity contribution in [2.45, 2.75) is 26.8 Å². The van der Waals surface area contributed by atoms with E-state index in [0.29, 0.717) is 6.42 Å². The first-order chi connectivity index (χ1) is 9.15. The van der Waals surface area contributed by atoms with Gasteiger partial charge in [-0.3, -0.25) is 4.68 Å². The SMILES string of the molecule is COc1cccc(Cn2nc(C)c(CCO)c2C)c1. The number of hydrogen-bond acceptors (Lipinski definition) is 3. The molecule has 0 spiro atoms. The molecule has 0 bridgehead atoms. The molecule has 102 valence electrons. The topological polar surface area (TPSA) is 47.3 Å². The smallest absolute Gasteiger partial charge is 0.119 e. The van der Waals surface area contributed by atoms with Gasteiger partial charge in [0.2, 0.25) is 0 Å². The Balaban J connectivity index is 2.25. The molecule has 0 radical (unpaired) electrons. The maximum Gasteiger partial charge on any atom is 0.119 e. The highest BCUT2D eigenvalue weighted by atomic mass is 16.5. The highest BCUT2D eigenvalue weighted by molar-refractivity contribution is 5.30. The standard InChI is InChI=1S/C15H20N2O2/c1-11-15(7-8-18)12(2)17(16-11)10-13-5-4-6-14(9-13)19-3/h4-6,9,18H,7-8,10H2,1-3H3.